The van der Waals surface area contributed by atoms with Gasteiger partial charge in [-0.05, 0) is 37.3 Å². The zero-order chi connectivity index (χ0) is 11.9. The third kappa shape index (κ3) is 3.48. The van der Waals surface area contributed by atoms with Gasteiger partial charge in [0.25, 0.3) is 0 Å². The van der Waals surface area contributed by atoms with Gasteiger partial charge in [-0.15, -0.1) is 11.8 Å². The molecule has 2 rings (SSSR count). The van der Waals surface area contributed by atoms with Gasteiger partial charge in [-0.25, -0.2) is 4.98 Å². The van der Waals surface area contributed by atoms with Crippen LogP contribution in [0.3, 0.4) is 0 Å². The van der Waals surface area contributed by atoms with E-state index >= 15 is 0 Å². The number of thioether (sulfide) groups is 1. The van der Waals surface area contributed by atoms with Gasteiger partial charge in [-0.1, -0.05) is 18.9 Å². The number of hydrogen-bond acceptors (Lipinski definition) is 3. The van der Waals surface area contributed by atoms with Gasteiger partial charge in [0.1, 0.15) is 5.65 Å². The van der Waals surface area contributed by atoms with Gasteiger partial charge in [0.05, 0.1) is 5.03 Å². The summed E-state index contributed by atoms with van der Waals surface area (Å²) in [6, 6.07) is 6.25. The summed E-state index contributed by atoms with van der Waals surface area (Å²) in [5, 5.41) is 1.28. The molecule has 2 aromatic heterocycles. The number of nitrogens with zero attached hydrogens (tertiary/aromatic N) is 2. The van der Waals surface area contributed by atoms with Gasteiger partial charge in [0, 0.05) is 12.4 Å². The first-order chi connectivity index (χ1) is 8.42. The number of rotatable bonds is 7. The van der Waals surface area contributed by atoms with Crippen molar-refractivity contribution >= 4 is 17.4 Å². The first-order valence-electron chi connectivity index (χ1n) is 6.17. The zero-order valence-electron chi connectivity index (χ0n) is 10.0. The fraction of sp³-hybridized carbons (Fsp3) is 0.462. The number of aromatic nitrogens is 2. The zero-order valence-corrected chi connectivity index (χ0v) is 10.8. The molecule has 0 unspecified atom stereocenters. The Morgan fingerprint density at radius 2 is 2.06 bits per heavy atom. The second-order valence-electron chi connectivity index (χ2n) is 4.07. The lowest BCUT2D eigenvalue weighted by molar-refractivity contribution is 0.678. The highest BCUT2D eigenvalue weighted by atomic mass is 32.2. The topological polar surface area (TPSA) is 43.3 Å². The standard InChI is InChI=1S/C13H19N3S/c14-8-3-1-2-4-11-17-13-7-5-6-12-15-9-10-16(12)13/h5-7,9-10H,1-4,8,11,14H2. The van der Waals surface area contributed by atoms with Gasteiger partial charge in [-0.2, -0.15) is 0 Å². The Morgan fingerprint density at radius 3 is 2.94 bits per heavy atom. The number of fused-ring (bicyclic) bond motifs is 1. The predicted octanol–water partition coefficient (Wildman–Crippen LogP) is 2.95. The Hall–Kier alpha value is -1.00. The average Bonchev–Trinajstić information content (AvgIpc) is 2.82. The number of unbranched alkanes of at least 4 members (excludes halogenated alkanes) is 3. The molecule has 17 heavy (non-hydrogen) atoms. The quantitative estimate of drug-likeness (QED) is 0.606. The summed E-state index contributed by atoms with van der Waals surface area (Å²) in [7, 11) is 0. The molecule has 3 nitrogen and oxygen atoms in total. The molecule has 2 N–H and O–H groups in total. The van der Waals surface area contributed by atoms with E-state index in [1.165, 1.54) is 30.0 Å². The van der Waals surface area contributed by atoms with Crippen molar-refractivity contribution in [3.05, 3.63) is 30.6 Å². The Morgan fingerprint density at radius 1 is 1.18 bits per heavy atom. The van der Waals surface area contributed by atoms with Crippen molar-refractivity contribution in [1.29, 1.82) is 0 Å². The average molecular weight is 249 g/mol. The highest BCUT2D eigenvalue weighted by Crippen LogP contribution is 2.20. The Bertz CT molecular complexity index is 453. The second-order valence-corrected chi connectivity index (χ2v) is 5.19. The lowest BCUT2D eigenvalue weighted by Gasteiger charge is -2.04. The molecule has 2 heterocycles. The minimum atomic E-state index is 0.821. The summed E-state index contributed by atoms with van der Waals surface area (Å²) in [6.45, 7) is 0.821. The van der Waals surface area contributed by atoms with E-state index in [0.29, 0.717) is 0 Å². The molecule has 92 valence electrons. The summed E-state index contributed by atoms with van der Waals surface area (Å²) < 4.78 is 2.14. The number of pyridine rings is 1. The molecular weight excluding hydrogens is 230 g/mol. The summed E-state index contributed by atoms with van der Waals surface area (Å²) in [5.74, 6) is 1.17. The summed E-state index contributed by atoms with van der Waals surface area (Å²) in [4.78, 5) is 4.28. The molecular formula is C13H19N3S. The highest BCUT2D eigenvalue weighted by Gasteiger charge is 2.00. The van der Waals surface area contributed by atoms with E-state index in [1.807, 2.05) is 30.2 Å². The molecule has 0 aromatic carbocycles. The molecule has 0 radical (unpaired) electrons. The first kappa shape index (κ1) is 12.5. The van der Waals surface area contributed by atoms with E-state index in [-0.39, 0.29) is 0 Å². The molecule has 0 atom stereocenters. The molecule has 0 aliphatic carbocycles. The van der Waals surface area contributed by atoms with E-state index in [0.717, 1.165) is 18.6 Å². The number of nitrogens with two attached hydrogens (primary N) is 1. The Kier molecular flexibility index (Phi) is 4.88. The van der Waals surface area contributed by atoms with Gasteiger partial charge < -0.3 is 5.73 Å². The van der Waals surface area contributed by atoms with Crippen LogP contribution in [0.5, 0.6) is 0 Å². The molecule has 0 saturated carbocycles. The van der Waals surface area contributed by atoms with Gasteiger partial charge in [0.15, 0.2) is 0 Å². The molecule has 0 bridgehead atoms. The van der Waals surface area contributed by atoms with Crippen LogP contribution in [-0.2, 0) is 0 Å². The van der Waals surface area contributed by atoms with Crippen LogP contribution < -0.4 is 5.73 Å². The van der Waals surface area contributed by atoms with Crippen molar-refractivity contribution in [3.63, 3.8) is 0 Å². The Labute approximate surface area is 106 Å². The van der Waals surface area contributed by atoms with E-state index in [4.69, 9.17) is 5.73 Å². The summed E-state index contributed by atoms with van der Waals surface area (Å²) in [5.41, 5.74) is 6.50. The Balaban J connectivity index is 1.80. The van der Waals surface area contributed by atoms with Crippen LogP contribution in [0.1, 0.15) is 25.7 Å². The normalized spacial score (nSPS) is 11.1. The van der Waals surface area contributed by atoms with E-state index in [2.05, 4.69) is 21.5 Å². The molecule has 0 amide bonds. The largest absolute Gasteiger partial charge is 0.330 e. The van der Waals surface area contributed by atoms with Crippen LogP contribution in [0.25, 0.3) is 5.65 Å². The van der Waals surface area contributed by atoms with Crippen molar-refractivity contribution in [2.45, 2.75) is 30.7 Å². The molecule has 0 fully saturated rings. The fourth-order valence-electron chi connectivity index (χ4n) is 1.82. The fourth-order valence-corrected chi connectivity index (χ4v) is 2.84. The molecule has 0 spiro atoms. The highest BCUT2D eigenvalue weighted by molar-refractivity contribution is 7.99. The number of hydrogen-bond donors (Lipinski definition) is 1. The van der Waals surface area contributed by atoms with Crippen molar-refractivity contribution < 1.29 is 0 Å². The number of imidazole rings is 1. The second kappa shape index (κ2) is 6.67. The third-order valence-electron chi connectivity index (χ3n) is 2.74. The lowest BCUT2D eigenvalue weighted by atomic mass is 10.2. The van der Waals surface area contributed by atoms with Gasteiger partial charge in [-0.3, -0.25) is 4.40 Å². The van der Waals surface area contributed by atoms with Crippen LogP contribution in [0.2, 0.25) is 0 Å². The third-order valence-corrected chi connectivity index (χ3v) is 3.86. The minimum Gasteiger partial charge on any atom is -0.330 e. The summed E-state index contributed by atoms with van der Waals surface area (Å²) in [6.07, 6.45) is 8.82. The minimum absolute atomic E-state index is 0.821. The van der Waals surface area contributed by atoms with Crippen LogP contribution in [-0.4, -0.2) is 21.7 Å². The van der Waals surface area contributed by atoms with Crippen LogP contribution in [0.4, 0.5) is 0 Å². The van der Waals surface area contributed by atoms with Crippen LogP contribution >= 0.6 is 11.8 Å². The lowest BCUT2D eigenvalue weighted by Crippen LogP contribution is -1.97. The SMILES string of the molecule is NCCCCCCSc1cccc2nccn12. The molecule has 0 aliphatic heterocycles. The van der Waals surface area contributed by atoms with Gasteiger partial charge in [0.2, 0.25) is 0 Å². The predicted molar refractivity (Wildman–Crippen MR) is 73.4 cm³/mol. The molecule has 2 aromatic rings. The van der Waals surface area contributed by atoms with Crippen molar-refractivity contribution in [2.75, 3.05) is 12.3 Å². The maximum atomic E-state index is 5.47. The van der Waals surface area contributed by atoms with E-state index < -0.39 is 0 Å². The smallest absolute Gasteiger partial charge is 0.137 e. The maximum Gasteiger partial charge on any atom is 0.137 e. The van der Waals surface area contributed by atoms with Crippen LogP contribution in [0.15, 0.2) is 35.6 Å². The van der Waals surface area contributed by atoms with E-state index in [1.54, 1.807) is 0 Å². The van der Waals surface area contributed by atoms with Crippen molar-refractivity contribution in [1.82, 2.24) is 9.38 Å². The molecule has 4 heteroatoms. The van der Waals surface area contributed by atoms with E-state index in [9.17, 15) is 0 Å². The first-order valence-corrected chi connectivity index (χ1v) is 7.15. The maximum absolute atomic E-state index is 5.47. The molecule has 0 aliphatic rings. The monoisotopic (exact) mass is 249 g/mol. The molecule has 0 saturated heterocycles. The van der Waals surface area contributed by atoms with Crippen LogP contribution in [0, 0.1) is 0 Å². The van der Waals surface area contributed by atoms with Crippen molar-refractivity contribution in [2.24, 2.45) is 5.73 Å². The summed E-state index contributed by atoms with van der Waals surface area (Å²) >= 11 is 1.90. The van der Waals surface area contributed by atoms with Crippen molar-refractivity contribution in [3.8, 4) is 0 Å². The van der Waals surface area contributed by atoms with Gasteiger partial charge >= 0.3 is 0 Å².